The molecule has 2 nitrogen and oxygen atoms in total. The average Bonchev–Trinajstić information content (AvgIpc) is 1.91. The second kappa shape index (κ2) is 7.03. The van der Waals surface area contributed by atoms with E-state index < -0.39 is 0 Å². The molecule has 10 heavy (non-hydrogen) atoms. The Morgan fingerprint density at radius 3 is 2.00 bits per heavy atom. The summed E-state index contributed by atoms with van der Waals surface area (Å²) < 4.78 is 5.06. The van der Waals surface area contributed by atoms with Crippen molar-refractivity contribution in [2.75, 3.05) is 13.2 Å². The summed E-state index contributed by atoms with van der Waals surface area (Å²) in [5.41, 5.74) is 5.55. The molecule has 0 amide bonds. The highest BCUT2D eigenvalue weighted by Gasteiger charge is 2.06. The first-order valence-electron chi connectivity index (χ1n) is 4.14. The van der Waals surface area contributed by atoms with Gasteiger partial charge in [0.2, 0.25) is 0 Å². The van der Waals surface area contributed by atoms with E-state index in [-0.39, 0.29) is 1.43 Å². The van der Waals surface area contributed by atoms with Gasteiger partial charge >= 0.3 is 0 Å². The molecule has 0 saturated carbocycles. The van der Waals surface area contributed by atoms with E-state index in [0.29, 0.717) is 6.04 Å². The van der Waals surface area contributed by atoms with Crippen LogP contribution in [0.3, 0.4) is 0 Å². The Balaban J connectivity index is 0. The van der Waals surface area contributed by atoms with Crippen LogP contribution in [0.4, 0.5) is 0 Å². The Labute approximate surface area is 65.2 Å². The Morgan fingerprint density at radius 2 is 1.80 bits per heavy atom. The van der Waals surface area contributed by atoms with Crippen molar-refractivity contribution in [2.24, 2.45) is 5.73 Å². The van der Waals surface area contributed by atoms with Crippen LogP contribution >= 0.6 is 0 Å². The van der Waals surface area contributed by atoms with Crippen LogP contribution in [0.25, 0.3) is 0 Å². The molecule has 1 aliphatic heterocycles. The van der Waals surface area contributed by atoms with Crippen LogP contribution in [0, 0.1) is 0 Å². The molecule has 0 atom stereocenters. The summed E-state index contributed by atoms with van der Waals surface area (Å²) in [6, 6.07) is 0.411. The fraction of sp³-hybridized carbons (Fsp3) is 1.00. The van der Waals surface area contributed by atoms with Crippen LogP contribution in [0.15, 0.2) is 0 Å². The maximum atomic E-state index is 5.55. The molecule has 0 aromatic rings. The number of rotatable bonds is 0. The molecule has 1 aliphatic rings. The van der Waals surface area contributed by atoms with Gasteiger partial charge in [0.25, 0.3) is 0 Å². The largest absolute Gasteiger partial charge is 0.381 e. The predicted octanol–water partition coefficient (Wildman–Crippen LogP) is 1.79. The lowest BCUT2D eigenvalue weighted by Crippen LogP contribution is -2.28. The number of hydrogen-bond acceptors (Lipinski definition) is 2. The molecule has 0 aromatic heterocycles. The second-order valence-corrected chi connectivity index (χ2v) is 2.66. The van der Waals surface area contributed by atoms with E-state index >= 15 is 0 Å². The van der Waals surface area contributed by atoms with Gasteiger partial charge in [-0.2, -0.15) is 0 Å². The SMILES string of the molecule is CCC.NC1CCOCC1.[HH]. The molecule has 2 heteroatoms. The van der Waals surface area contributed by atoms with Gasteiger partial charge in [-0.1, -0.05) is 20.3 Å². The minimum Gasteiger partial charge on any atom is -0.381 e. The highest BCUT2D eigenvalue weighted by Crippen LogP contribution is 2.01. The van der Waals surface area contributed by atoms with Gasteiger partial charge < -0.3 is 10.5 Å². The number of hydrogen-bond donors (Lipinski definition) is 1. The minimum atomic E-state index is 0. The van der Waals surface area contributed by atoms with E-state index in [2.05, 4.69) is 13.8 Å². The molecule has 0 aromatic carbocycles. The standard InChI is InChI=1S/C5H11NO.C3H8.H2/c6-5-1-3-7-4-2-5;1-3-2;/h5H,1-4,6H2;3H2,1-2H3;1H. The maximum absolute atomic E-state index is 5.55. The van der Waals surface area contributed by atoms with Crippen molar-refractivity contribution in [1.29, 1.82) is 0 Å². The molecule has 1 heterocycles. The summed E-state index contributed by atoms with van der Waals surface area (Å²) in [7, 11) is 0. The highest BCUT2D eigenvalue weighted by molar-refractivity contribution is 4.63. The van der Waals surface area contributed by atoms with E-state index in [1.54, 1.807) is 0 Å². The van der Waals surface area contributed by atoms with E-state index in [0.717, 1.165) is 26.1 Å². The third kappa shape index (κ3) is 6.05. The number of nitrogens with two attached hydrogens (primary N) is 1. The quantitative estimate of drug-likeness (QED) is 0.567. The number of ether oxygens (including phenoxy) is 1. The predicted molar refractivity (Wildman–Crippen MR) is 46.1 cm³/mol. The Kier molecular flexibility index (Phi) is 6.98. The lowest BCUT2D eigenvalue weighted by molar-refractivity contribution is 0.0866. The van der Waals surface area contributed by atoms with Crippen molar-refractivity contribution in [3.63, 3.8) is 0 Å². The van der Waals surface area contributed by atoms with Gasteiger partial charge in [-0.25, -0.2) is 0 Å². The van der Waals surface area contributed by atoms with Crippen molar-refractivity contribution < 1.29 is 6.16 Å². The maximum Gasteiger partial charge on any atom is 0.0480 e. The molecular formula is C8H21NO. The molecule has 0 bridgehead atoms. The van der Waals surface area contributed by atoms with E-state index in [1.165, 1.54) is 6.42 Å². The fourth-order valence-corrected chi connectivity index (χ4v) is 0.716. The van der Waals surface area contributed by atoms with Crippen LogP contribution in [0.2, 0.25) is 0 Å². The molecular weight excluding hydrogens is 126 g/mol. The zero-order valence-electron chi connectivity index (χ0n) is 7.10. The molecule has 2 N–H and O–H groups in total. The van der Waals surface area contributed by atoms with Crippen LogP contribution < -0.4 is 5.73 Å². The monoisotopic (exact) mass is 147 g/mol. The molecule has 0 radical (unpaired) electrons. The second-order valence-electron chi connectivity index (χ2n) is 2.66. The van der Waals surface area contributed by atoms with Crippen LogP contribution in [0.5, 0.6) is 0 Å². The van der Waals surface area contributed by atoms with E-state index in [4.69, 9.17) is 10.5 Å². The van der Waals surface area contributed by atoms with Gasteiger partial charge in [0, 0.05) is 20.7 Å². The van der Waals surface area contributed by atoms with Gasteiger partial charge in [0.05, 0.1) is 0 Å². The van der Waals surface area contributed by atoms with Gasteiger partial charge in [0.1, 0.15) is 0 Å². The molecule has 0 unspecified atom stereocenters. The lowest BCUT2D eigenvalue weighted by Gasteiger charge is -2.16. The Bertz CT molecular complexity index is 65.1. The summed E-state index contributed by atoms with van der Waals surface area (Å²) in [5.74, 6) is 0. The first-order chi connectivity index (χ1) is 4.81. The van der Waals surface area contributed by atoms with Crippen LogP contribution in [-0.2, 0) is 4.74 Å². The first-order valence-corrected chi connectivity index (χ1v) is 4.14. The van der Waals surface area contributed by atoms with Gasteiger partial charge in [-0.15, -0.1) is 0 Å². The van der Waals surface area contributed by atoms with Crippen molar-refractivity contribution >= 4 is 0 Å². The first kappa shape index (κ1) is 9.92. The summed E-state index contributed by atoms with van der Waals surface area (Å²) in [6.45, 7) is 5.97. The average molecular weight is 147 g/mol. The third-order valence-electron chi connectivity index (χ3n) is 1.27. The van der Waals surface area contributed by atoms with E-state index in [1.807, 2.05) is 0 Å². The van der Waals surface area contributed by atoms with Gasteiger partial charge in [0.15, 0.2) is 0 Å². The minimum absolute atomic E-state index is 0. The van der Waals surface area contributed by atoms with Crippen molar-refractivity contribution in [3.8, 4) is 0 Å². The molecule has 1 rings (SSSR count). The fourth-order valence-electron chi connectivity index (χ4n) is 0.716. The summed E-state index contributed by atoms with van der Waals surface area (Å²) in [4.78, 5) is 0. The highest BCUT2D eigenvalue weighted by atomic mass is 16.5. The van der Waals surface area contributed by atoms with Gasteiger partial charge in [-0.3, -0.25) is 0 Å². The van der Waals surface area contributed by atoms with Crippen LogP contribution in [-0.4, -0.2) is 19.3 Å². The Morgan fingerprint density at radius 1 is 1.40 bits per heavy atom. The van der Waals surface area contributed by atoms with Gasteiger partial charge in [-0.05, 0) is 12.8 Å². The normalized spacial score (nSPS) is 19.5. The summed E-state index contributed by atoms with van der Waals surface area (Å²) >= 11 is 0. The third-order valence-corrected chi connectivity index (χ3v) is 1.27. The lowest BCUT2D eigenvalue weighted by atomic mass is 10.1. The summed E-state index contributed by atoms with van der Waals surface area (Å²) in [5, 5.41) is 0. The molecule has 1 saturated heterocycles. The molecule has 0 spiro atoms. The zero-order chi connectivity index (χ0) is 7.82. The molecule has 64 valence electrons. The topological polar surface area (TPSA) is 35.2 Å². The van der Waals surface area contributed by atoms with Crippen molar-refractivity contribution in [3.05, 3.63) is 0 Å². The van der Waals surface area contributed by atoms with Crippen molar-refractivity contribution in [1.82, 2.24) is 0 Å². The Hall–Kier alpha value is -0.0800. The molecule has 1 fully saturated rings. The smallest absolute Gasteiger partial charge is 0.0480 e. The van der Waals surface area contributed by atoms with E-state index in [9.17, 15) is 0 Å². The zero-order valence-corrected chi connectivity index (χ0v) is 7.10. The summed E-state index contributed by atoms with van der Waals surface area (Å²) in [6.07, 6.45) is 3.33. The molecule has 0 aliphatic carbocycles. The van der Waals surface area contributed by atoms with Crippen LogP contribution in [0.1, 0.15) is 34.5 Å². The van der Waals surface area contributed by atoms with Crippen molar-refractivity contribution in [2.45, 2.75) is 39.2 Å².